The van der Waals surface area contributed by atoms with Crippen LogP contribution in [0, 0.1) is 0 Å². The van der Waals surface area contributed by atoms with Crippen molar-refractivity contribution in [3.8, 4) is 17.0 Å². The van der Waals surface area contributed by atoms with E-state index in [0.717, 1.165) is 40.7 Å². The number of imidazole rings is 1. The van der Waals surface area contributed by atoms with Gasteiger partial charge >= 0.3 is 0 Å². The van der Waals surface area contributed by atoms with Crippen LogP contribution in [0.3, 0.4) is 0 Å². The first-order valence-corrected chi connectivity index (χ1v) is 11.8. The summed E-state index contributed by atoms with van der Waals surface area (Å²) in [5, 5.41) is 0.956. The molecule has 4 aromatic rings. The van der Waals surface area contributed by atoms with E-state index < -0.39 is 10.0 Å². The fourth-order valence-electron chi connectivity index (χ4n) is 3.68. The highest BCUT2D eigenvalue weighted by Crippen LogP contribution is 2.38. The third kappa shape index (κ3) is 4.51. The first-order valence-electron chi connectivity index (χ1n) is 9.94. The number of nitrogens with zero attached hydrogens (tertiary/aromatic N) is 3. The standard InChI is InChI=1S/C22H25N5O3S/c1-3-27-20-14-18(30-13-12-26-11-10-24-15-26)8-9-19(20)21(23)22(27)16-4-6-17(7-5-16)25-31(2,28)29/h4-11,14-15,25H,3,12-13,23H2,1-2H3. The molecule has 2 aromatic carbocycles. The highest BCUT2D eigenvalue weighted by atomic mass is 32.2. The third-order valence-electron chi connectivity index (χ3n) is 5.03. The molecule has 2 heterocycles. The summed E-state index contributed by atoms with van der Waals surface area (Å²) >= 11 is 0. The number of nitrogens with one attached hydrogen (secondary N) is 1. The molecule has 3 N–H and O–H groups in total. The summed E-state index contributed by atoms with van der Waals surface area (Å²) in [7, 11) is -3.32. The summed E-state index contributed by atoms with van der Waals surface area (Å²) in [6.45, 7) is 4.04. The van der Waals surface area contributed by atoms with E-state index in [0.29, 0.717) is 24.5 Å². The van der Waals surface area contributed by atoms with Crippen LogP contribution in [0.2, 0.25) is 0 Å². The van der Waals surface area contributed by atoms with Gasteiger partial charge in [0.25, 0.3) is 0 Å². The molecule has 9 heteroatoms. The SMILES string of the molecule is CCn1c(-c2ccc(NS(C)(=O)=O)cc2)c(N)c2ccc(OCCn3ccnc3)cc21. The molecule has 0 aliphatic heterocycles. The fourth-order valence-corrected chi connectivity index (χ4v) is 4.25. The van der Waals surface area contributed by atoms with Crippen LogP contribution in [0.5, 0.6) is 5.75 Å². The lowest BCUT2D eigenvalue weighted by Gasteiger charge is -2.11. The molecular formula is C22H25N5O3S. The fraction of sp³-hybridized carbons (Fsp3) is 0.227. The van der Waals surface area contributed by atoms with Gasteiger partial charge in [-0.3, -0.25) is 4.72 Å². The Labute approximate surface area is 181 Å². The number of hydrogen-bond acceptors (Lipinski definition) is 5. The first-order chi connectivity index (χ1) is 14.9. The molecule has 4 rings (SSSR count). The van der Waals surface area contributed by atoms with Crippen molar-refractivity contribution in [1.29, 1.82) is 0 Å². The minimum absolute atomic E-state index is 0.512. The number of nitrogen functional groups attached to an aromatic ring is 1. The number of aryl methyl sites for hydroxylation is 1. The number of aromatic nitrogens is 3. The number of rotatable bonds is 8. The lowest BCUT2D eigenvalue weighted by atomic mass is 10.1. The second-order valence-electron chi connectivity index (χ2n) is 7.29. The maximum atomic E-state index is 11.4. The summed E-state index contributed by atoms with van der Waals surface area (Å²) < 4.78 is 35.4. The highest BCUT2D eigenvalue weighted by molar-refractivity contribution is 7.92. The molecule has 0 unspecified atom stereocenters. The molecule has 0 bridgehead atoms. The van der Waals surface area contributed by atoms with Crippen molar-refractivity contribution in [2.45, 2.75) is 20.0 Å². The summed E-state index contributed by atoms with van der Waals surface area (Å²) in [4.78, 5) is 4.03. The predicted octanol–water partition coefficient (Wildman–Crippen LogP) is 3.56. The highest BCUT2D eigenvalue weighted by Gasteiger charge is 2.17. The molecular weight excluding hydrogens is 414 g/mol. The Bertz CT molecular complexity index is 1290. The minimum Gasteiger partial charge on any atom is -0.492 e. The molecule has 0 atom stereocenters. The molecule has 0 amide bonds. The van der Waals surface area contributed by atoms with Crippen molar-refractivity contribution in [2.75, 3.05) is 23.3 Å². The average Bonchev–Trinajstić information content (AvgIpc) is 3.33. The zero-order chi connectivity index (χ0) is 22.0. The number of nitrogens with two attached hydrogens (primary N) is 1. The van der Waals surface area contributed by atoms with Crippen LogP contribution in [-0.4, -0.2) is 35.4 Å². The van der Waals surface area contributed by atoms with Crippen LogP contribution in [0.1, 0.15) is 6.92 Å². The molecule has 0 saturated heterocycles. The molecule has 162 valence electrons. The number of anilines is 2. The molecule has 2 aromatic heterocycles. The minimum atomic E-state index is -3.32. The van der Waals surface area contributed by atoms with Gasteiger partial charge in [-0.1, -0.05) is 12.1 Å². The maximum absolute atomic E-state index is 11.4. The normalized spacial score (nSPS) is 11.7. The molecule has 0 aliphatic rings. The monoisotopic (exact) mass is 439 g/mol. The smallest absolute Gasteiger partial charge is 0.229 e. The van der Waals surface area contributed by atoms with Gasteiger partial charge in [-0.2, -0.15) is 0 Å². The van der Waals surface area contributed by atoms with Crippen LogP contribution in [0.15, 0.2) is 61.2 Å². The van der Waals surface area contributed by atoms with E-state index in [1.54, 1.807) is 24.7 Å². The molecule has 8 nitrogen and oxygen atoms in total. The van der Waals surface area contributed by atoms with Crippen molar-refractivity contribution in [1.82, 2.24) is 14.1 Å². The number of hydrogen-bond donors (Lipinski definition) is 2. The molecule has 0 radical (unpaired) electrons. The Morgan fingerprint density at radius 3 is 2.58 bits per heavy atom. The molecule has 0 saturated carbocycles. The van der Waals surface area contributed by atoms with Gasteiger partial charge in [-0.05, 0) is 31.2 Å². The average molecular weight is 440 g/mol. The van der Waals surface area contributed by atoms with Crippen molar-refractivity contribution in [3.63, 3.8) is 0 Å². The van der Waals surface area contributed by atoms with Crippen molar-refractivity contribution < 1.29 is 13.2 Å². The predicted molar refractivity (Wildman–Crippen MR) is 124 cm³/mol. The second kappa shape index (κ2) is 8.35. The topological polar surface area (TPSA) is 104 Å². The summed E-state index contributed by atoms with van der Waals surface area (Å²) in [6.07, 6.45) is 6.54. The van der Waals surface area contributed by atoms with E-state index in [1.165, 1.54) is 0 Å². The number of benzene rings is 2. The van der Waals surface area contributed by atoms with Gasteiger partial charge in [0.05, 0.1) is 36.0 Å². The van der Waals surface area contributed by atoms with Crippen LogP contribution in [-0.2, 0) is 23.1 Å². The van der Waals surface area contributed by atoms with Gasteiger partial charge in [0.1, 0.15) is 12.4 Å². The van der Waals surface area contributed by atoms with Gasteiger partial charge in [-0.15, -0.1) is 0 Å². The van der Waals surface area contributed by atoms with Crippen LogP contribution >= 0.6 is 0 Å². The first kappa shape index (κ1) is 20.8. The summed E-state index contributed by atoms with van der Waals surface area (Å²) in [6, 6.07) is 13.1. The second-order valence-corrected chi connectivity index (χ2v) is 9.03. The van der Waals surface area contributed by atoms with Crippen molar-refractivity contribution in [3.05, 3.63) is 61.2 Å². The Morgan fingerprint density at radius 2 is 1.94 bits per heavy atom. The van der Waals surface area contributed by atoms with Gasteiger partial charge in [0.15, 0.2) is 0 Å². The molecule has 0 aliphatic carbocycles. The van der Waals surface area contributed by atoms with E-state index in [1.807, 2.05) is 41.1 Å². The van der Waals surface area contributed by atoms with E-state index in [-0.39, 0.29) is 0 Å². The summed E-state index contributed by atoms with van der Waals surface area (Å²) in [5.74, 6) is 0.777. The third-order valence-corrected chi connectivity index (χ3v) is 5.64. The zero-order valence-electron chi connectivity index (χ0n) is 17.4. The van der Waals surface area contributed by atoms with Crippen LogP contribution < -0.4 is 15.2 Å². The van der Waals surface area contributed by atoms with E-state index >= 15 is 0 Å². The molecule has 31 heavy (non-hydrogen) atoms. The Morgan fingerprint density at radius 1 is 1.16 bits per heavy atom. The van der Waals surface area contributed by atoms with Crippen molar-refractivity contribution >= 4 is 32.3 Å². The van der Waals surface area contributed by atoms with Crippen LogP contribution in [0.25, 0.3) is 22.2 Å². The van der Waals surface area contributed by atoms with Gasteiger partial charge < -0.3 is 19.6 Å². The van der Waals surface area contributed by atoms with E-state index in [9.17, 15) is 8.42 Å². The lowest BCUT2D eigenvalue weighted by molar-refractivity contribution is 0.298. The molecule has 0 fully saturated rings. The number of ether oxygens (including phenoxy) is 1. The zero-order valence-corrected chi connectivity index (χ0v) is 18.3. The van der Waals surface area contributed by atoms with E-state index in [2.05, 4.69) is 21.2 Å². The Kier molecular flexibility index (Phi) is 5.60. The van der Waals surface area contributed by atoms with Gasteiger partial charge in [0.2, 0.25) is 10.0 Å². The van der Waals surface area contributed by atoms with E-state index in [4.69, 9.17) is 10.5 Å². The van der Waals surface area contributed by atoms with Crippen molar-refractivity contribution in [2.24, 2.45) is 0 Å². The van der Waals surface area contributed by atoms with Gasteiger partial charge in [-0.25, -0.2) is 13.4 Å². The molecule has 0 spiro atoms. The summed E-state index contributed by atoms with van der Waals surface area (Å²) in [5.41, 5.74) is 10.5. The largest absolute Gasteiger partial charge is 0.492 e. The van der Waals surface area contributed by atoms with Gasteiger partial charge in [0, 0.05) is 41.6 Å². The maximum Gasteiger partial charge on any atom is 0.229 e. The lowest BCUT2D eigenvalue weighted by Crippen LogP contribution is -2.09. The number of fused-ring (bicyclic) bond motifs is 1. The quantitative estimate of drug-likeness (QED) is 0.437. The number of sulfonamides is 1. The Hall–Kier alpha value is -3.46. The van der Waals surface area contributed by atoms with Crippen LogP contribution in [0.4, 0.5) is 11.4 Å². The Balaban J connectivity index is 1.63.